The summed E-state index contributed by atoms with van der Waals surface area (Å²) in [6.07, 6.45) is 1.92. The van der Waals surface area contributed by atoms with Crippen LogP contribution in [0.3, 0.4) is 0 Å². The Labute approximate surface area is 83.9 Å². The molecule has 0 N–H and O–H groups in total. The molecule has 2 rings (SSSR count). The summed E-state index contributed by atoms with van der Waals surface area (Å²) in [5.41, 5.74) is 1.21. The van der Waals surface area contributed by atoms with Crippen molar-refractivity contribution in [3.05, 3.63) is 35.9 Å². The fourth-order valence-corrected chi connectivity index (χ4v) is 1.96. The molecule has 1 saturated heterocycles. The maximum atomic E-state index is 10.9. The molecule has 0 saturated carbocycles. The predicted molar refractivity (Wildman–Crippen MR) is 54.2 cm³/mol. The molecule has 1 aromatic carbocycles. The fraction of sp³-hybridized carbons (Fsp3) is 0.417. The molecule has 2 nitrogen and oxygen atoms in total. The first-order valence-electron chi connectivity index (χ1n) is 5.00. The van der Waals surface area contributed by atoms with Gasteiger partial charge in [0.2, 0.25) is 0 Å². The lowest BCUT2D eigenvalue weighted by Gasteiger charge is -2.28. The zero-order valence-corrected chi connectivity index (χ0v) is 8.06. The summed E-state index contributed by atoms with van der Waals surface area (Å²) < 4.78 is 5.41. The predicted octanol–water partition coefficient (Wildman–Crippen LogP) is 2.01. The maximum absolute atomic E-state index is 10.9. The van der Waals surface area contributed by atoms with Crippen molar-refractivity contribution in [3.8, 4) is 0 Å². The van der Waals surface area contributed by atoms with Crippen LogP contribution in [-0.2, 0) is 9.53 Å². The third-order valence-electron chi connectivity index (χ3n) is 2.81. The number of hydrogen-bond acceptors (Lipinski definition) is 2. The summed E-state index contributed by atoms with van der Waals surface area (Å²) in [4.78, 5) is 10.9. The van der Waals surface area contributed by atoms with Crippen molar-refractivity contribution in [1.29, 1.82) is 0 Å². The Kier molecular flexibility index (Phi) is 2.94. The van der Waals surface area contributed by atoms with Crippen LogP contribution in [0, 0.1) is 5.92 Å². The summed E-state index contributed by atoms with van der Waals surface area (Å²) in [5.74, 6) is 0.383. The molecule has 1 aliphatic heterocycles. The van der Waals surface area contributed by atoms with Crippen molar-refractivity contribution in [2.24, 2.45) is 5.92 Å². The quantitative estimate of drug-likeness (QED) is 0.667. The van der Waals surface area contributed by atoms with Gasteiger partial charge in [0.15, 0.2) is 0 Å². The van der Waals surface area contributed by atoms with Gasteiger partial charge in [-0.05, 0) is 12.0 Å². The number of ether oxygens (including phenoxy) is 1. The smallest absolute Gasteiger partial charge is 0.123 e. The van der Waals surface area contributed by atoms with Gasteiger partial charge in [0.25, 0.3) is 0 Å². The lowest BCUT2D eigenvalue weighted by molar-refractivity contribution is -0.114. The molecule has 0 bridgehead atoms. The van der Waals surface area contributed by atoms with Crippen molar-refractivity contribution in [1.82, 2.24) is 0 Å². The minimum Gasteiger partial charge on any atom is -0.381 e. The minimum absolute atomic E-state index is 0.131. The molecule has 2 atom stereocenters. The standard InChI is InChI=1S/C12H14O2/c13-8-11-6-7-14-9-12(11)10-4-2-1-3-5-10/h1-5,8,11-12H,6-7,9H2. The monoisotopic (exact) mass is 190 g/mol. The first-order valence-corrected chi connectivity index (χ1v) is 5.00. The van der Waals surface area contributed by atoms with E-state index in [1.54, 1.807) is 0 Å². The van der Waals surface area contributed by atoms with Crippen LogP contribution in [-0.4, -0.2) is 19.5 Å². The van der Waals surface area contributed by atoms with E-state index in [4.69, 9.17) is 4.74 Å². The average molecular weight is 190 g/mol. The van der Waals surface area contributed by atoms with Crippen molar-refractivity contribution in [2.45, 2.75) is 12.3 Å². The zero-order valence-electron chi connectivity index (χ0n) is 8.06. The minimum atomic E-state index is 0.131. The summed E-state index contributed by atoms with van der Waals surface area (Å²) in [6, 6.07) is 10.1. The molecule has 1 aliphatic rings. The molecular weight excluding hydrogens is 176 g/mol. The molecule has 1 fully saturated rings. The van der Waals surface area contributed by atoms with E-state index in [2.05, 4.69) is 12.1 Å². The summed E-state index contributed by atoms with van der Waals surface area (Å²) in [5, 5.41) is 0. The third kappa shape index (κ3) is 1.85. The van der Waals surface area contributed by atoms with Gasteiger partial charge in [-0.25, -0.2) is 0 Å². The van der Waals surface area contributed by atoms with E-state index in [9.17, 15) is 4.79 Å². The molecule has 14 heavy (non-hydrogen) atoms. The number of benzene rings is 1. The van der Waals surface area contributed by atoms with Gasteiger partial charge >= 0.3 is 0 Å². The molecule has 1 heterocycles. The second-order valence-corrected chi connectivity index (χ2v) is 3.68. The van der Waals surface area contributed by atoms with Gasteiger partial charge < -0.3 is 9.53 Å². The van der Waals surface area contributed by atoms with Gasteiger partial charge in [-0.15, -0.1) is 0 Å². The highest BCUT2D eigenvalue weighted by Gasteiger charge is 2.26. The molecule has 0 amide bonds. The van der Waals surface area contributed by atoms with E-state index in [1.807, 2.05) is 18.2 Å². The number of aldehydes is 1. The Balaban J connectivity index is 2.19. The summed E-state index contributed by atoms with van der Waals surface area (Å²) in [7, 11) is 0. The first kappa shape index (κ1) is 9.41. The molecule has 0 aliphatic carbocycles. The number of carbonyl (C=O) groups excluding carboxylic acids is 1. The number of rotatable bonds is 2. The van der Waals surface area contributed by atoms with Gasteiger partial charge in [-0.1, -0.05) is 30.3 Å². The van der Waals surface area contributed by atoms with E-state index in [0.29, 0.717) is 13.2 Å². The molecule has 0 spiro atoms. The van der Waals surface area contributed by atoms with Crippen LogP contribution >= 0.6 is 0 Å². The van der Waals surface area contributed by atoms with Crippen LogP contribution in [0.5, 0.6) is 0 Å². The van der Waals surface area contributed by atoms with Crippen molar-refractivity contribution in [2.75, 3.05) is 13.2 Å². The van der Waals surface area contributed by atoms with Crippen LogP contribution in [0.1, 0.15) is 17.9 Å². The molecule has 1 aromatic rings. The Morgan fingerprint density at radius 3 is 2.79 bits per heavy atom. The molecule has 2 heteroatoms. The molecular formula is C12H14O2. The summed E-state index contributed by atoms with van der Waals surface area (Å²) >= 11 is 0. The van der Waals surface area contributed by atoms with E-state index in [1.165, 1.54) is 5.56 Å². The lowest BCUT2D eigenvalue weighted by Crippen LogP contribution is -2.26. The average Bonchev–Trinajstić information content (AvgIpc) is 2.30. The van der Waals surface area contributed by atoms with Gasteiger partial charge in [0.05, 0.1) is 6.61 Å². The Morgan fingerprint density at radius 1 is 1.29 bits per heavy atom. The molecule has 2 unspecified atom stereocenters. The Bertz CT molecular complexity index is 294. The van der Waals surface area contributed by atoms with Crippen LogP contribution in [0.25, 0.3) is 0 Å². The van der Waals surface area contributed by atoms with E-state index in [0.717, 1.165) is 12.7 Å². The SMILES string of the molecule is O=CC1CCOCC1c1ccccc1. The topological polar surface area (TPSA) is 26.3 Å². The number of carbonyl (C=O) groups is 1. The second kappa shape index (κ2) is 4.38. The normalized spacial score (nSPS) is 27.1. The van der Waals surface area contributed by atoms with Gasteiger partial charge in [0.1, 0.15) is 6.29 Å². The molecule has 0 radical (unpaired) electrons. The van der Waals surface area contributed by atoms with Crippen LogP contribution in [0.15, 0.2) is 30.3 Å². The highest BCUT2D eigenvalue weighted by atomic mass is 16.5. The van der Waals surface area contributed by atoms with Crippen LogP contribution in [0.2, 0.25) is 0 Å². The first-order chi connectivity index (χ1) is 6.92. The summed E-state index contributed by atoms with van der Waals surface area (Å²) in [6.45, 7) is 1.39. The highest BCUT2D eigenvalue weighted by molar-refractivity contribution is 5.56. The lowest BCUT2D eigenvalue weighted by atomic mass is 9.84. The van der Waals surface area contributed by atoms with Gasteiger partial charge in [-0.3, -0.25) is 0 Å². The second-order valence-electron chi connectivity index (χ2n) is 3.68. The Hall–Kier alpha value is -1.15. The van der Waals surface area contributed by atoms with Gasteiger partial charge in [-0.2, -0.15) is 0 Å². The van der Waals surface area contributed by atoms with Crippen molar-refractivity contribution >= 4 is 6.29 Å². The van der Waals surface area contributed by atoms with Crippen molar-refractivity contribution < 1.29 is 9.53 Å². The van der Waals surface area contributed by atoms with Crippen LogP contribution in [0.4, 0.5) is 0 Å². The molecule has 0 aromatic heterocycles. The fourth-order valence-electron chi connectivity index (χ4n) is 1.96. The largest absolute Gasteiger partial charge is 0.381 e. The number of hydrogen-bond donors (Lipinski definition) is 0. The molecule has 74 valence electrons. The van der Waals surface area contributed by atoms with E-state index in [-0.39, 0.29) is 11.8 Å². The van der Waals surface area contributed by atoms with E-state index >= 15 is 0 Å². The van der Waals surface area contributed by atoms with Crippen LogP contribution < -0.4 is 0 Å². The third-order valence-corrected chi connectivity index (χ3v) is 2.81. The highest BCUT2D eigenvalue weighted by Crippen LogP contribution is 2.29. The van der Waals surface area contributed by atoms with Crippen molar-refractivity contribution in [3.63, 3.8) is 0 Å². The van der Waals surface area contributed by atoms with E-state index < -0.39 is 0 Å². The van der Waals surface area contributed by atoms with Gasteiger partial charge in [0, 0.05) is 18.4 Å². The Morgan fingerprint density at radius 2 is 2.07 bits per heavy atom. The maximum Gasteiger partial charge on any atom is 0.123 e. The zero-order chi connectivity index (χ0) is 9.80.